The predicted molar refractivity (Wildman–Crippen MR) is 85.8 cm³/mol. The summed E-state index contributed by atoms with van der Waals surface area (Å²) >= 11 is 3.43. The summed E-state index contributed by atoms with van der Waals surface area (Å²) in [7, 11) is 0. The Morgan fingerprint density at radius 2 is 2.20 bits per heavy atom. The number of hydrogen-bond acceptors (Lipinski definition) is 2. The summed E-state index contributed by atoms with van der Waals surface area (Å²) in [6, 6.07) is 8.20. The molecule has 1 amide bonds. The van der Waals surface area contributed by atoms with Crippen LogP contribution in [-0.2, 0) is 4.79 Å². The maximum atomic E-state index is 11.9. The van der Waals surface area contributed by atoms with Gasteiger partial charge in [-0.3, -0.25) is 4.79 Å². The van der Waals surface area contributed by atoms with Gasteiger partial charge in [-0.15, -0.1) is 0 Å². The second-order valence-corrected chi connectivity index (χ2v) is 6.57. The van der Waals surface area contributed by atoms with E-state index in [0.717, 1.165) is 36.4 Å². The minimum Gasteiger partial charge on any atom is -0.356 e. The summed E-state index contributed by atoms with van der Waals surface area (Å²) < 4.78 is 1.07. The van der Waals surface area contributed by atoms with Gasteiger partial charge in [-0.25, -0.2) is 0 Å². The van der Waals surface area contributed by atoms with Crippen LogP contribution in [0.5, 0.6) is 0 Å². The second kappa shape index (κ2) is 7.79. The van der Waals surface area contributed by atoms with Crippen molar-refractivity contribution in [2.75, 3.05) is 19.6 Å². The van der Waals surface area contributed by atoms with Crippen molar-refractivity contribution in [1.82, 2.24) is 10.6 Å². The molecule has 4 heteroatoms. The van der Waals surface area contributed by atoms with Gasteiger partial charge in [0.25, 0.3) is 0 Å². The summed E-state index contributed by atoms with van der Waals surface area (Å²) in [5.74, 6) is 1.15. The largest absolute Gasteiger partial charge is 0.356 e. The van der Waals surface area contributed by atoms with E-state index in [1.54, 1.807) is 0 Å². The number of carbonyl (C=O) groups excluding carboxylic acids is 1. The molecule has 1 fully saturated rings. The summed E-state index contributed by atoms with van der Waals surface area (Å²) in [6.45, 7) is 5.13. The second-order valence-electron chi connectivity index (χ2n) is 5.65. The summed E-state index contributed by atoms with van der Waals surface area (Å²) in [5.41, 5.74) is 1.21. The molecule has 1 aromatic carbocycles. The Hall–Kier alpha value is -0.870. The molecular weight excluding hydrogens is 316 g/mol. The molecule has 0 radical (unpaired) electrons. The molecule has 0 bridgehead atoms. The number of amides is 1. The quantitative estimate of drug-likeness (QED) is 0.836. The van der Waals surface area contributed by atoms with E-state index in [1.165, 1.54) is 12.0 Å². The fraction of sp³-hybridized carbons (Fsp3) is 0.562. The van der Waals surface area contributed by atoms with E-state index in [4.69, 9.17) is 0 Å². The number of rotatable bonds is 6. The molecule has 0 saturated carbocycles. The van der Waals surface area contributed by atoms with Crippen LogP contribution in [0.4, 0.5) is 0 Å². The van der Waals surface area contributed by atoms with Crippen molar-refractivity contribution in [1.29, 1.82) is 0 Å². The highest BCUT2D eigenvalue weighted by Crippen LogP contribution is 2.21. The van der Waals surface area contributed by atoms with Gasteiger partial charge in [0.2, 0.25) is 5.91 Å². The van der Waals surface area contributed by atoms with Crippen molar-refractivity contribution in [3.63, 3.8) is 0 Å². The van der Waals surface area contributed by atoms with Gasteiger partial charge in [-0.05, 0) is 55.5 Å². The number of benzene rings is 1. The molecule has 2 unspecified atom stereocenters. The van der Waals surface area contributed by atoms with Crippen LogP contribution in [0.15, 0.2) is 28.7 Å². The minimum absolute atomic E-state index is 0.159. The third kappa shape index (κ3) is 4.91. The van der Waals surface area contributed by atoms with Gasteiger partial charge in [0, 0.05) is 17.4 Å². The number of nitrogens with one attached hydrogen (secondary N) is 2. The summed E-state index contributed by atoms with van der Waals surface area (Å²) in [5, 5.41) is 6.40. The van der Waals surface area contributed by atoms with Crippen molar-refractivity contribution >= 4 is 21.8 Å². The first-order valence-electron chi connectivity index (χ1n) is 7.38. The van der Waals surface area contributed by atoms with E-state index >= 15 is 0 Å². The lowest BCUT2D eigenvalue weighted by Crippen LogP contribution is -2.27. The number of hydrogen-bond donors (Lipinski definition) is 2. The molecule has 3 nitrogen and oxygen atoms in total. The van der Waals surface area contributed by atoms with Crippen molar-refractivity contribution in [2.45, 2.75) is 32.1 Å². The molecule has 0 aromatic heterocycles. The first kappa shape index (κ1) is 15.5. The normalized spacial score (nSPS) is 19.8. The maximum absolute atomic E-state index is 11.9. The van der Waals surface area contributed by atoms with Crippen molar-refractivity contribution < 1.29 is 4.79 Å². The van der Waals surface area contributed by atoms with E-state index in [9.17, 15) is 4.79 Å². The standard InChI is InChI=1S/C16H23BrN2O/c1-12(14-2-4-15(17)5-3-14)10-16(20)19-9-7-13-6-8-18-11-13/h2-5,12-13,18H,6-11H2,1H3,(H,19,20). The number of carbonyl (C=O) groups is 1. The maximum Gasteiger partial charge on any atom is 0.220 e. The van der Waals surface area contributed by atoms with Crippen LogP contribution in [0.3, 0.4) is 0 Å². The Labute approximate surface area is 129 Å². The fourth-order valence-electron chi connectivity index (χ4n) is 2.64. The molecule has 2 atom stereocenters. The molecule has 20 heavy (non-hydrogen) atoms. The fourth-order valence-corrected chi connectivity index (χ4v) is 2.90. The predicted octanol–water partition coefficient (Wildman–Crippen LogP) is 3.06. The van der Waals surface area contributed by atoms with E-state index in [1.807, 2.05) is 12.1 Å². The van der Waals surface area contributed by atoms with Crippen LogP contribution < -0.4 is 10.6 Å². The van der Waals surface area contributed by atoms with Gasteiger partial charge >= 0.3 is 0 Å². The van der Waals surface area contributed by atoms with E-state index in [-0.39, 0.29) is 11.8 Å². The van der Waals surface area contributed by atoms with Gasteiger partial charge in [0.15, 0.2) is 0 Å². The first-order valence-corrected chi connectivity index (χ1v) is 8.17. The highest BCUT2D eigenvalue weighted by molar-refractivity contribution is 9.10. The minimum atomic E-state index is 0.159. The molecule has 1 aromatic rings. The van der Waals surface area contributed by atoms with E-state index in [2.05, 4.69) is 45.6 Å². The third-order valence-electron chi connectivity index (χ3n) is 3.97. The van der Waals surface area contributed by atoms with Crippen LogP contribution in [0.2, 0.25) is 0 Å². The lowest BCUT2D eigenvalue weighted by atomic mass is 9.97. The smallest absolute Gasteiger partial charge is 0.220 e. The SMILES string of the molecule is CC(CC(=O)NCCC1CCNC1)c1ccc(Br)cc1. The van der Waals surface area contributed by atoms with Crippen LogP contribution in [-0.4, -0.2) is 25.5 Å². The summed E-state index contributed by atoms with van der Waals surface area (Å²) in [6.07, 6.45) is 2.89. The molecule has 110 valence electrons. The zero-order chi connectivity index (χ0) is 14.4. The monoisotopic (exact) mass is 338 g/mol. The molecule has 1 aliphatic heterocycles. The average Bonchev–Trinajstić information content (AvgIpc) is 2.92. The van der Waals surface area contributed by atoms with Gasteiger partial charge in [-0.2, -0.15) is 0 Å². The van der Waals surface area contributed by atoms with Crippen molar-refractivity contribution in [3.05, 3.63) is 34.3 Å². The zero-order valence-corrected chi connectivity index (χ0v) is 13.6. The first-order chi connectivity index (χ1) is 9.65. The molecule has 0 spiro atoms. The zero-order valence-electron chi connectivity index (χ0n) is 12.0. The van der Waals surface area contributed by atoms with Crippen LogP contribution in [0, 0.1) is 5.92 Å². The van der Waals surface area contributed by atoms with Crippen molar-refractivity contribution in [2.24, 2.45) is 5.92 Å². The van der Waals surface area contributed by atoms with E-state index < -0.39 is 0 Å². The van der Waals surface area contributed by atoms with Gasteiger partial charge in [0.1, 0.15) is 0 Å². The van der Waals surface area contributed by atoms with Crippen LogP contribution >= 0.6 is 15.9 Å². The van der Waals surface area contributed by atoms with Crippen LogP contribution in [0.1, 0.15) is 37.7 Å². The molecular formula is C16H23BrN2O. The van der Waals surface area contributed by atoms with Crippen molar-refractivity contribution in [3.8, 4) is 0 Å². The lowest BCUT2D eigenvalue weighted by Gasteiger charge is -2.13. The molecule has 1 aliphatic rings. The third-order valence-corrected chi connectivity index (χ3v) is 4.50. The highest BCUT2D eigenvalue weighted by atomic mass is 79.9. The Balaban J connectivity index is 1.69. The molecule has 2 N–H and O–H groups in total. The van der Waals surface area contributed by atoms with Gasteiger partial charge in [0.05, 0.1) is 0 Å². The van der Waals surface area contributed by atoms with E-state index in [0.29, 0.717) is 6.42 Å². The number of halogens is 1. The Morgan fingerprint density at radius 3 is 2.85 bits per heavy atom. The Morgan fingerprint density at radius 1 is 1.45 bits per heavy atom. The van der Waals surface area contributed by atoms with Gasteiger partial charge in [-0.1, -0.05) is 35.0 Å². The molecule has 0 aliphatic carbocycles. The Bertz CT molecular complexity index is 427. The summed E-state index contributed by atoms with van der Waals surface area (Å²) in [4.78, 5) is 11.9. The topological polar surface area (TPSA) is 41.1 Å². The Kier molecular flexibility index (Phi) is 6.05. The van der Waals surface area contributed by atoms with Gasteiger partial charge < -0.3 is 10.6 Å². The molecule has 1 heterocycles. The molecule has 1 saturated heterocycles. The average molecular weight is 339 g/mol. The molecule has 2 rings (SSSR count). The highest BCUT2D eigenvalue weighted by Gasteiger charge is 2.15. The van der Waals surface area contributed by atoms with Crippen LogP contribution in [0.25, 0.3) is 0 Å². The lowest BCUT2D eigenvalue weighted by molar-refractivity contribution is -0.121.